The highest BCUT2D eigenvalue weighted by Gasteiger charge is 2.50. The molecule has 3 rings (SSSR count). The van der Waals surface area contributed by atoms with E-state index in [-0.39, 0.29) is 50.2 Å². The van der Waals surface area contributed by atoms with E-state index in [1.807, 2.05) is 6.07 Å². The Morgan fingerprint density at radius 2 is 1.39 bits per heavy atom. The highest BCUT2D eigenvalue weighted by atomic mass is 35.5. The molecule has 0 saturated carbocycles. The van der Waals surface area contributed by atoms with Crippen LogP contribution >= 0.6 is 46.4 Å². The van der Waals surface area contributed by atoms with Crippen LogP contribution in [0.1, 0.15) is 67.3 Å². The lowest BCUT2D eigenvalue weighted by Gasteiger charge is -2.36. The standard InChI is InChI=1S/C26H26Cl4N2O6/c1-13(2)11-15(24(35)37-12-14-9-7-6-8-10-14)31(25(36)38-26(3,4)5)32-22(33)16-17(23(32)34)19(28)21(30)20(29)18(16)27/h6-10,13,15H,11-12H2,1-5H3. The van der Waals surface area contributed by atoms with Crippen LogP contribution in [0.3, 0.4) is 0 Å². The lowest BCUT2D eigenvalue weighted by molar-refractivity contribution is -0.156. The van der Waals surface area contributed by atoms with E-state index in [0.717, 1.165) is 0 Å². The van der Waals surface area contributed by atoms with Gasteiger partial charge in [-0.25, -0.2) is 9.59 Å². The summed E-state index contributed by atoms with van der Waals surface area (Å²) in [6.07, 6.45) is -1.10. The maximum absolute atomic E-state index is 13.6. The second-order valence-electron chi connectivity index (χ2n) is 9.99. The molecule has 2 aromatic carbocycles. The fourth-order valence-electron chi connectivity index (χ4n) is 3.76. The molecule has 38 heavy (non-hydrogen) atoms. The summed E-state index contributed by atoms with van der Waals surface area (Å²) in [5.74, 6) is -3.06. The van der Waals surface area contributed by atoms with Gasteiger partial charge in [0.2, 0.25) is 0 Å². The minimum atomic E-state index is -1.42. The van der Waals surface area contributed by atoms with Crippen molar-refractivity contribution < 1.29 is 28.7 Å². The van der Waals surface area contributed by atoms with Crippen LogP contribution in [0.15, 0.2) is 30.3 Å². The molecule has 0 bridgehead atoms. The Balaban J connectivity index is 2.11. The number of benzene rings is 2. The van der Waals surface area contributed by atoms with Crippen LogP contribution < -0.4 is 0 Å². The fraction of sp³-hybridized carbons (Fsp3) is 0.385. The number of hydrogen-bond donors (Lipinski definition) is 0. The van der Waals surface area contributed by atoms with Gasteiger partial charge in [-0.05, 0) is 38.7 Å². The van der Waals surface area contributed by atoms with Crippen LogP contribution in [0.2, 0.25) is 20.1 Å². The topological polar surface area (TPSA) is 93.2 Å². The van der Waals surface area contributed by atoms with E-state index in [1.165, 1.54) is 0 Å². The number of ether oxygens (including phenoxy) is 2. The summed E-state index contributed by atoms with van der Waals surface area (Å²) in [4.78, 5) is 54.2. The fourth-order valence-corrected chi connectivity index (χ4v) is 4.77. The lowest BCUT2D eigenvalue weighted by atomic mass is 10.0. The molecule has 12 heteroatoms. The first-order valence-corrected chi connectivity index (χ1v) is 13.1. The van der Waals surface area contributed by atoms with Crippen molar-refractivity contribution in [3.8, 4) is 0 Å². The number of hydrogen-bond acceptors (Lipinski definition) is 6. The van der Waals surface area contributed by atoms with Crippen LogP contribution in [0.25, 0.3) is 0 Å². The molecule has 1 heterocycles. The summed E-state index contributed by atoms with van der Waals surface area (Å²) in [7, 11) is 0. The molecule has 1 atom stereocenters. The van der Waals surface area contributed by atoms with Crippen molar-refractivity contribution in [2.75, 3.05) is 0 Å². The van der Waals surface area contributed by atoms with Crippen molar-refractivity contribution >= 4 is 70.3 Å². The van der Waals surface area contributed by atoms with E-state index in [9.17, 15) is 19.2 Å². The molecule has 0 aromatic heterocycles. The second-order valence-corrected chi connectivity index (χ2v) is 11.5. The molecule has 1 aliphatic heterocycles. The van der Waals surface area contributed by atoms with E-state index in [2.05, 4.69) is 0 Å². The predicted octanol–water partition coefficient (Wildman–Crippen LogP) is 7.21. The zero-order valence-electron chi connectivity index (χ0n) is 21.3. The third-order valence-electron chi connectivity index (χ3n) is 5.36. The molecule has 2 aromatic rings. The zero-order chi connectivity index (χ0) is 28.5. The first-order valence-electron chi connectivity index (χ1n) is 11.6. The molecule has 1 unspecified atom stereocenters. The number of rotatable bonds is 7. The van der Waals surface area contributed by atoms with Gasteiger partial charge >= 0.3 is 12.1 Å². The molecular formula is C26H26Cl4N2O6. The van der Waals surface area contributed by atoms with Crippen LogP contribution in [-0.2, 0) is 20.9 Å². The first kappa shape index (κ1) is 30.0. The normalized spacial score (nSPS) is 14.0. The van der Waals surface area contributed by atoms with Gasteiger partial charge < -0.3 is 9.47 Å². The largest absolute Gasteiger partial charge is 0.459 e. The third kappa shape index (κ3) is 6.20. The van der Waals surface area contributed by atoms with Crippen molar-refractivity contribution in [3.63, 3.8) is 0 Å². The minimum absolute atomic E-state index is 0.0310. The number of esters is 1. The first-order chi connectivity index (χ1) is 17.7. The Hall–Kier alpha value is -2.52. The van der Waals surface area contributed by atoms with Gasteiger partial charge in [0.05, 0.1) is 31.2 Å². The quantitative estimate of drug-likeness (QED) is 0.144. The average Bonchev–Trinajstić information content (AvgIpc) is 3.09. The smallest absolute Gasteiger partial charge is 0.430 e. The van der Waals surface area contributed by atoms with Gasteiger partial charge in [0, 0.05) is 0 Å². The molecule has 3 amide bonds. The van der Waals surface area contributed by atoms with Gasteiger partial charge in [0.25, 0.3) is 11.8 Å². The highest BCUT2D eigenvalue weighted by Crippen LogP contribution is 2.45. The van der Waals surface area contributed by atoms with Gasteiger partial charge in [-0.15, -0.1) is 0 Å². The molecule has 0 radical (unpaired) electrons. The Morgan fingerprint density at radius 1 is 0.895 bits per heavy atom. The maximum Gasteiger partial charge on any atom is 0.430 e. The number of nitrogens with zero attached hydrogens (tertiary/aromatic N) is 2. The third-order valence-corrected chi connectivity index (χ3v) is 7.16. The molecular weight excluding hydrogens is 578 g/mol. The van der Waals surface area contributed by atoms with Gasteiger partial charge in [0.1, 0.15) is 12.2 Å². The molecule has 0 aliphatic carbocycles. The van der Waals surface area contributed by atoms with Gasteiger partial charge in [0.15, 0.2) is 6.04 Å². The van der Waals surface area contributed by atoms with Crippen molar-refractivity contribution in [1.29, 1.82) is 0 Å². The SMILES string of the molecule is CC(C)CC(C(=O)OCc1ccccc1)N(C(=O)OC(C)(C)C)N1C(=O)c2c(Cl)c(Cl)c(Cl)c(Cl)c2C1=O. The van der Waals surface area contributed by atoms with Crippen LogP contribution in [0.5, 0.6) is 0 Å². The van der Waals surface area contributed by atoms with Crippen LogP contribution in [0, 0.1) is 5.92 Å². The van der Waals surface area contributed by atoms with E-state index >= 15 is 0 Å². The summed E-state index contributed by atoms with van der Waals surface area (Å²) in [6, 6.07) is 7.48. The Morgan fingerprint density at radius 3 is 1.84 bits per heavy atom. The zero-order valence-corrected chi connectivity index (χ0v) is 24.3. The van der Waals surface area contributed by atoms with E-state index in [0.29, 0.717) is 15.6 Å². The molecule has 204 valence electrons. The Labute approximate surface area is 240 Å². The number of fused-ring (bicyclic) bond motifs is 1. The van der Waals surface area contributed by atoms with Crippen molar-refractivity contribution in [2.45, 2.75) is 59.3 Å². The van der Waals surface area contributed by atoms with Crippen LogP contribution in [-0.4, -0.2) is 45.5 Å². The maximum atomic E-state index is 13.6. The summed E-state index contributed by atoms with van der Waals surface area (Å²) >= 11 is 24.8. The Kier molecular flexibility index (Phi) is 9.24. The van der Waals surface area contributed by atoms with Gasteiger partial charge in [-0.3, -0.25) is 9.59 Å². The summed E-state index contributed by atoms with van der Waals surface area (Å²) in [5, 5.41) is 0.0635. The Bertz CT molecular complexity index is 1230. The molecule has 0 N–H and O–H groups in total. The minimum Gasteiger partial charge on any atom is -0.459 e. The molecule has 0 saturated heterocycles. The predicted molar refractivity (Wildman–Crippen MR) is 145 cm³/mol. The summed E-state index contributed by atoms with van der Waals surface area (Å²) in [5.41, 5.74) is -1.01. The average molecular weight is 604 g/mol. The van der Waals surface area contributed by atoms with Gasteiger partial charge in [-0.2, -0.15) is 10.0 Å². The lowest BCUT2D eigenvalue weighted by Crippen LogP contribution is -2.58. The van der Waals surface area contributed by atoms with Crippen molar-refractivity contribution in [1.82, 2.24) is 10.0 Å². The number of halogens is 4. The van der Waals surface area contributed by atoms with Gasteiger partial charge in [-0.1, -0.05) is 90.6 Å². The molecule has 0 spiro atoms. The number of carbonyl (C=O) groups excluding carboxylic acids is 4. The van der Waals surface area contributed by atoms with E-state index in [1.54, 1.807) is 58.9 Å². The molecule has 1 aliphatic rings. The van der Waals surface area contributed by atoms with Crippen molar-refractivity contribution in [3.05, 3.63) is 67.1 Å². The summed E-state index contributed by atoms with van der Waals surface area (Å²) in [6.45, 7) is 8.32. The number of carbonyl (C=O) groups is 4. The number of hydrazine groups is 1. The summed E-state index contributed by atoms with van der Waals surface area (Å²) < 4.78 is 11.0. The van der Waals surface area contributed by atoms with E-state index < -0.39 is 35.5 Å². The number of amides is 3. The number of imide groups is 1. The monoisotopic (exact) mass is 602 g/mol. The highest BCUT2D eigenvalue weighted by molar-refractivity contribution is 6.55. The molecule has 0 fully saturated rings. The van der Waals surface area contributed by atoms with E-state index in [4.69, 9.17) is 55.9 Å². The van der Waals surface area contributed by atoms with Crippen molar-refractivity contribution in [2.24, 2.45) is 5.92 Å². The molecule has 8 nitrogen and oxygen atoms in total. The van der Waals surface area contributed by atoms with Crippen LogP contribution in [0.4, 0.5) is 4.79 Å². The second kappa shape index (κ2) is 11.7.